The molecule has 0 bridgehead atoms. The van der Waals surface area contributed by atoms with Crippen LogP contribution in [0.25, 0.3) is 0 Å². The van der Waals surface area contributed by atoms with Gasteiger partial charge in [0.1, 0.15) is 6.10 Å². The molecule has 110 valence electrons. The van der Waals surface area contributed by atoms with Crippen LogP contribution in [0.15, 0.2) is 18.2 Å². The van der Waals surface area contributed by atoms with Crippen LogP contribution in [0.4, 0.5) is 4.39 Å². The van der Waals surface area contributed by atoms with Crippen LogP contribution in [-0.2, 0) is 0 Å². The molecule has 3 heteroatoms. The van der Waals surface area contributed by atoms with Crippen molar-refractivity contribution in [2.24, 2.45) is 0 Å². The first kappa shape index (κ1) is 13.9. The Hall–Kier alpha value is -1.09. The van der Waals surface area contributed by atoms with Crippen molar-refractivity contribution in [3.05, 3.63) is 29.6 Å². The van der Waals surface area contributed by atoms with Crippen molar-refractivity contribution in [2.45, 2.75) is 57.6 Å². The molecule has 1 heterocycles. The lowest BCUT2D eigenvalue weighted by Crippen LogP contribution is -2.41. The maximum absolute atomic E-state index is 13.9. The molecule has 1 aliphatic heterocycles. The molecule has 0 atom stereocenters. The van der Waals surface area contributed by atoms with E-state index in [1.165, 1.54) is 18.4 Å². The number of likely N-dealkylation sites (tertiary alicyclic amines) is 1. The van der Waals surface area contributed by atoms with Gasteiger partial charge in [-0.15, -0.1) is 0 Å². The van der Waals surface area contributed by atoms with Crippen molar-refractivity contribution < 1.29 is 9.13 Å². The van der Waals surface area contributed by atoms with Gasteiger partial charge in [0.2, 0.25) is 0 Å². The highest BCUT2D eigenvalue weighted by Crippen LogP contribution is 2.41. The van der Waals surface area contributed by atoms with Gasteiger partial charge in [-0.05, 0) is 63.1 Å². The molecule has 1 aliphatic carbocycles. The Bertz CT molecular complexity index is 462. The predicted molar refractivity (Wildman–Crippen MR) is 78.7 cm³/mol. The molecule has 1 saturated carbocycles. The third-order valence-corrected chi connectivity index (χ3v) is 4.50. The van der Waals surface area contributed by atoms with Crippen molar-refractivity contribution in [3.8, 4) is 5.75 Å². The molecular weight excluding hydrogens is 253 g/mol. The molecular formula is C17H24FNO. The van der Waals surface area contributed by atoms with Gasteiger partial charge in [-0.2, -0.15) is 0 Å². The molecule has 0 amide bonds. The Morgan fingerprint density at radius 2 is 1.85 bits per heavy atom. The Labute approximate surface area is 120 Å². The predicted octanol–water partition coefficient (Wildman–Crippen LogP) is 3.95. The van der Waals surface area contributed by atoms with Gasteiger partial charge in [0, 0.05) is 19.1 Å². The average Bonchev–Trinajstić information content (AvgIpc) is 3.26. The van der Waals surface area contributed by atoms with Gasteiger partial charge in [0.15, 0.2) is 11.6 Å². The molecule has 20 heavy (non-hydrogen) atoms. The van der Waals surface area contributed by atoms with E-state index in [-0.39, 0.29) is 11.9 Å². The number of benzene rings is 1. The molecule has 1 aromatic rings. The van der Waals surface area contributed by atoms with Gasteiger partial charge >= 0.3 is 0 Å². The van der Waals surface area contributed by atoms with Gasteiger partial charge < -0.3 is 9.64 Å². The summed E-state index contributed by atoms with van der Waals surface area (Å²) < 4.78 is 19.8. The van der Waals surface area contributed by atoms with Gasteiger partial charge in [-0.3, -0.25) is 0 Å². The number of halogens is 1. The molecule has 0 unspecified atom stereocenters. The highest BCUT2D eigenvalue weighted by Gasteiger charge is 2.26. The highest BCUT2D eigenvalue weighted by molar-refractivity contribution is 5.34. The fourth-order valence-electron chi connectivity index (χ4n) is 2.97. The Morgan fingerprint density at radius 3 is 2.45 bits per heavy atom. The standard InChI is InChI=1S/C17H24FNO/c1-12(2)19-9-7-15(8-10-19)20-17-11-14(13-3-4-13)5-6-16(17)18/h5-6,11-13,15H,3-4,7-10H2,1-2H3. The van der Waals surface area contributed by atoms with E-state index in [2.05, 4.69) is 18.7 Å². The molecule has 1 aromatic carbocycles. The first-order chi connectivity index (χ1) is 9.63. The van der Waals surface area contributed by atoms with Crippen LogP contribution < -0.4 is 4.74 Å². The van der Waals surface area contributed by atoms with E-state index < -0.39 is 0 Å². The summed E-state index contributed by atoms with van der Waals surface area (Å²) in [5.74, 6) is 0.874. The topological polar surface area (TPSA) is 12.5 Å². The van der Waals surface area contributed by atoms with E-state index in [4.69, 9.17) is 4.74 Å². The number of piperidine rings is 1. The Morgan fingerprint density at radius 1 is 1.15 bits per heavy atom. The summed E-state index contributed by atoms with van der Waals surface area (Å²) in [4.78, 5) is 2.46. The van der Waals surface area contributed by atoms with Crippen LogP contribution >= 0.6 is 0 Å². The Balaban J connectivity index is 1.62. The third kappa shape index (κ3) is 3.14. The van der Waals surface area contributed by atoms with Gasteiger partial charge in [0.25, 0.3) is 0 Å². The number of hydrogen-bond acceptors (Lipinski definition) is 2. The summed E-state index contributed by atoms with van der Waals surface area (Å²) in [6, 6.07) is 5.97. The lowest BCUT2D eigenvalue weighted by molar-refractivity contribution is 0.0815. The van der Waals surface area contributed by atoms with Gasteiger partial charge in [-0.25, -0.2) is 4.39 Å². The molecule has 0 aromatic heterocycles. The summed E-state index contributed by atoms with van der Waals surface area (Å²) in [5, 5.41) is 0. The normalized spacial score (nSPS) is 21.4. The summed E-state index contributed by atoms with van der Waals surface area (Å²) >= 11 is 0. The van der Waals surface area contributed by atoms with Gasteiger partial charge in [-0.1, -0.05) is 6.07 Å². The van der Waals surface area contributed by atoms with Crippen LogP contribution in [0.3, 0.4) is 0 Å². The maximum Gasteiger partial charge on any atom is 0.165 e. The molecule has 0 spiro atoms. The van der Waals surface area contributed by atoms with Gasteiger partial charge in [0.05, 0.1) is 0 Å². The zero-order valence-electron chi connectivity index (χ0n) is 12.4. The van der Waals surface area contributed by atoms with Crippen LogP contribution in [0.2, 0.25) is 0 Å². The number of hydrogen-bond donors (Lipinski definition) is 0. The zero-order valence-corrected chi connectivity index (χ0v) is 12.4. The molecule has 0 N–H and O–H groups in total. The number of ether oxygens (including phenoxy) is 1. The minimum absolute atomic E-state index is 0.161. The maximum atomic E-state index is 13.9. The first-order valence-corrected chi connectivity index (χ1v) is 7.83. The van der Waals surface area contributed by atoms with Crippen molar-refractivity contribution >= 4 is 0 Å². The Kier molecular flexibility index (Phi) is 3.97. The summed E-state index contributed by atoms with van der Waals surface area (Å²) in [5.41, 5.74) is 1.24. The minimum atomic E-state index is -0.222. The smallest absolute Gasteiger partial charge is 0.165 e. The first-order valence-electron chi connectivity index (χ1n) is 7.83. The molecule has 1 saturated heterocycles. The fraction of sp³-hybridized carbons (Fsp3) is 0.647. The second-order valence-electron chi connectivity index (χ2n) is 6.41. The van der Waals surface area contributed by atoms with Crippen molar-refractivity contribution in [3.63, 3.8) is 0 Å². The summed E-state index contributed by atoms with van der Waals surface area (Å²) in [6.07, 6.45) is 4.61. The zero-order chi connectivity index (χ0) is 14.1. The average molecular weight is 277 g/mol. The molecule has 2 aliphatic rings. The quantitative estimate of drug-likeness (QED) is 0.826. The van der Waals surface area contributed by atoms with E-state index in [1.54, 1.807) is 6.07 Å². The fourth-order valence-corrected chi connectivity index (χ4v) is 2.97. The van der Waals surface area contributed by atoms with E-state index in [9.17, 15) is 4.39 Å². The summed E-state index contributed by atoms with van der Waals surface area (Å²) in [6.45, 7) is 6.54. The second-order valence-corrected chi connectivity index (χ2v) is 6.41. The van der Waals surface area contributed by atoms with Crippen LogP contribution in [-0.4, -0.2) is 30.1 Å². The summed E-state index contributed by atoms with van der Waals surface area (Å²) in [7, 11) is 0. The SMILES string of the molecule is CC(C)N1CCC(Oc2cc(C3CC3)ccc2F)CC1. The van der Waals surface area contributed by atoms with E-state index >= 15 is 0 Å². The largest absolute Gasteiger partial charge is 0.487 e. The monoisotopic (exact) mass is 277 g/mol. The molecule has 2 fully saturated rings. The number of rotatable bonds is 4. The highest BCUT2D eigenvalue weighted by atomic mass is 19.1. The van der Waals surface area contributed by atoms with Crippen LogP contribution in [0.5, 0.6) is 5.75 Å². The van der Waals surface area contributed by atoms with E-state index in [0.29, 0.717) is 17.7 Å². The van der Waals surface area contributed by atoms with Crippen molar-refractivity contribution in [1.29, 1.82) is 0 Å². The lowest BCUT2D eigenvalue weighted by Gasteiger charge is -2.34. The minimum Gasteiger partial charge on any atom is -0.487 e. The molecule has 2 nitrogen and oxygen atoms in total. The lowest BCUT2D eigenvalue weighted by atomic mass is 10.1. The van der Waals surface area contributed by atoms with Crippen molar-refractivity contribution in [1.82, 2.24) is 4.90 Å². The molecule has 0 radical (unpaired) electrons. The van der Waals surface area contributed by atoms with Crippen LogP contribution in [0, 0.1) is 5.82 Å². The molecule has 3 rings (SSSR count). The van der Waals surface area contributed by atoms with E-state index in [0.717, 1.165) is 25.9 Å². The van der Waals surface area contributed by atoms with Crippen LogP contribution in [0.1, 0.15) is 51.0 Å². The van der Waals surface area contributed by atoms with E-state index in [1.807, 2.05) is 12.1 Å². The van der Waals surface area contributed by atoms with Crippen molar-refractivity contribution in [2.75, 3.05) is 13.1 Å². The number of nitrogens with zero attached hydrogens (tertiary/aromatic N) is 1. The third-order valence-electron chi connectivity index (χ3n) is 4.50. The second kappa shape index (κ2) is 5.72.